The van der Waals surface area contributed by atoms with E-state index in [1.54, 1.807) is 72.8 Å². The first-order valence-corrected chi connectivity index (χ1v) is 10.9. The number of nitrogens with zero attached hydrogens (tertiary/aromatic N) is 1. The van der Waals surface area contributed by atoms with Gasteiger partial charge in [0.25, 0.3) is 5.91 Å². The third-order valence-electron chi connectivity index (χ3n) is 5.64. The molecule has 34 heavy (non-hydrogen) atoms. The van der Waals surface area contributed by atoms with Crippen molar-refractivity contribution in [3.8, 4) is 5.75 Å². The Morgan fingerprint density at radius 1 is 0.912 bits per heavy atom. The predicted octanol–water partition coefficient (Wildman–Crippen LogP) is 4.46. The zero-order chi connectivity index (χ0) is 24.4. The van der Waals surface area contributed by atoms with Crippen LogP contribution in [0.25, 0.3) is 0 Å². The van der Waals surface area contributed by atoms with E-state index in [0.29, 0.717) is 27.7 Å². The topological polar surface area (TPSA) is 92.8 Å². The van der Waals surface area contributed by atoms with Crippen molar-refractivity contribution in [2.45, 2.75) is 13.0 Å². The molecule has 1 saturated heterocycles. The molecule has 0 radical (unpaired) electrons. The van der Waals surface area contributed by atoms with Crippen molar-refractivity contribution in [2.24, 2.45) is 5.92 Å². The van der Waals surface area contributed by atoms with Gasteiger partial charge >= 0.3 is 0 Å². The average Bonchev–Trinajstić information content (AvgIpc) is 3.10. The largest absolute Gasteiger partial charge is 0.497 e. The van der Waals surface area contributed by atoms with Crippen LogP contribution in [-0.4, -0.2) is 30.5 Å². The van der Waals surface area contributed by atoms with Crippen LogP contribution in [0.15, 0.2) is 72.8 Å². The Bertz CT molecular complexity index is 1250. The summed E-state index contributed by atoms with van der Waals surface area (Å²) in [5.41, 5.74) is 1.87. The van der Waals surface area contributed by atoms with Gasteiger partial charge in [-0.15, -0.1) is 0 Å². The molecule has 0 bridgehead atoms. The minimum absolute atomic E-state index is 0.232. The van der Waals surface area contributed by atoms with Crippen LogP contribution in [-0.2, 0) is 14.4 Å². The number of amides is 2. The lowest BCUT2D eigenvalue weighted by atomic mass is 9.86. The summed E-state index contributed by atoms with van der Waals surface area (Å²) in [7, 11) is 1.54. The molecule has 7 nitrogen and oxygen atoms in total. The summed E-state index contributed by atoms with van der Waals surface area (Å²) in [6.45, 7) is 1.39. The Morgan fingerprint density at radius 2 is 1.53 bits per heavy atom. The number of hydrogen-bond donors (Lipinski definition) is 1. The lowest BCUT2D eigenvalue weighted by Gasteiger charge is -2.27. The van der Waals surface area contributed by atoms with Gasteiger partial charge in [0, 0.05) is 28.9 Å². The van der Waals surface area contributed by atoms with Gasteiger partial charge in [0.15, 0.2) is 5.78 Å². The molecule has 3 aromatic carbocycles. The first-order valence-electron chi connectivity index (χ1n) is 10.5. The van der Waals surface area contributed by atoms with E-state index in [1.807, 2.05) is 0 Å². The van der Waals surface area contributed by atoms with Gasteiger partial charge in [-0.1, -0.05) is 23.7 Å². The molecule has 1 N–H and O–H groups in total. The van der Waals surface area contributed by atoms with Crippen LogP contribution in [0.5, 0.6) is 5.75 Å². The molecule has 2 atom stereocenters. The van der Waals surface area contributed by atoms with E-state index in [-0.39, 0.29) is 11.5 Å². The Balaban J connectivity index is 1.79. The molecule has 4 rings (SSSR count). The Morgan fingerprint density at radius 3 is 2.09 bits per heavy atom. The second-order valence-corrected chi connectivity index (χ2v) is 8.27. The molecule has 1 heterocycles. The zero-order valence-corrected chi connectivity index (χ0v) is 19.2. The molecule has 0 aromatic heterocycles. The molecule has 172 valence electrons. The third kappa shape index (κ3) is 4.43. The summed E-state index contributed by atoms with van der Waals surface area (Å²) >= 11 is 5.95. The number of anilines is 2. The van der Waals surface area contributed by atoms with Crippen LogP contribution < -0.4 is 15.0 Å². The van der Waals surface area contributed by atoms with E-state index in [4.69, 9.17) is 16.3 Å². The number of carbonyl (C=O) groups excluding carboxylic acids is 4. The molecule has 2 amide bonds. The van der Waals surface area contributed by atoms with Gasteiger partial charge in [-0.3, -0.25) is 24.1 Å². The highest BCUT2D eigenvalue weighted by atomic mass is 35.5. The second kappa shape index (κ2) is 9.49. The fourth-order valence-electron chi connectivity index (χ4n) is 4.06. The maximum atomic E-state index is 13.5. The Labute approximate surface area is 201 Å². The van der Waals surface area contributed by atoms with Crippen molar-refractivity contribution in [2.75, 3.05) is 17.3 Å². The van der Waals surface area contributed by atoms with Crippen LogP contribution in [0.2, 0.25) is 5.02 Å². The molecule has 0 spiro atoms. The number of methoxy groups -OCH3 is 1. The number of ketones is 2. The second-order valence-electron chi connectivity index (χ2n) is 7.83. The summed E-state index contributed by atoms with van der Waals surface area (Å²) in [5.74, 6) is -2.89. The highest BCUT2D eigenvalue weighted by Crippen LogP contribution is 2.42. The van der Waals surface area contributed by atoms with Crippen molar-refractivity contribution >= 4 is 46.4 Å². The summed E-state index contributed by atoms with van der Waals surface area (Å²) in [6, 6.07) is 18.8. The molecule has 8 heteroatoms. The van der Waals surface area contributed by atoms with Gasteiger partial charge in [-0.05, 0) is 66.2 Å². The molecular formula is C26H21ClN2O5. The summed E-state index contributed by atoms with van der Waals surface area (Å²) < 4.78 is 5.22. The Hall–Kier alpha value is -3.97. The monoisotopic (exact) mass is 476 g/mol. The highest BCUT2D eigenvalue weighted by Gasteiger charge is 2.52. The van der Waals surface area contributed by atoms with E-state index in [9.17, 15) is 19.2 Å². The van der Waals surface area contributed by atoms with E-state index < -0.39 is 29.4 Å². The molecule has 0 saturated carbocycles. The minimum atomic E-state index is -1.24. The lowest BCUT2D eigenvalue weighted by Crippen LogP contribution is -2.30. The summed E-state index contributed by atoms with van der Waals surface area (Å²) in [6.07, 6.45) is 0. The number of halogens is 1. The SMILES string of the molecule is COc1ccc(C2C(C(=O)c3ccc(Cl)cc3)C(=O)C(=O)N2c2ccc(NC(C)=O)cc2)cc1. The van der Waals surface area contributed by atoms with Crippen LogP contribution in [0, 0.1) is 5.92 Å². The first kappa shape index (κ1) is 23.2. The van der Waals surface area contributed by atoms with Crippen molar-refractivity contribution < 1.29 is 23.9 Å². The number of hydrogen-bond acceptors (Lipinski definition) is 5. The van der Waals surface area contributed by atoms with Gasteiger partial charge < -0.3 is 10.1 Å². The number of rotatable bonds is 6. The number of Topliss-reactive ketones (excluding diaryl/α,β-unsaturated/α-hetero) is 2. The highest BCUT2D eigenvalue weighted by molar-refractivity contribution is 6.49. The smallest absolute Gasteiger partial charge is 0.295 e. The first-order chi connectivity index (χ1) is 16.3. The molecule has 3 aromatic rings. The van der Waals surface area contributed by atoms with E-state index in [0.717, 1.165) is 0 Å². The van der Waals surface area contributed by atoms with Crippen molar-refractivity contribution in [3.05, 3.63) is 88.9 Å². The summed E-state index contributed by atoms with van der Waals surface area (Å²) in [5, 5.41) is 3.12. The molecule has 1 fully saturated rings. The van der Waals surface area contributed by atoms with Gasteiger partial charge in [-0.2, -0.15) is 0 Å². The average molecular weight is 477 g/mol. The molecule has 1 aliphatic heterocycles. The van der Waals surface area contributed by atoms with Crippen molar-refractivity contribution in [1.82, 2.24) is 0 Å². The van der Waals surface area contributed by atoms with Gasteiger partial charge in [-0.25, -0.2) is 0 Å². The van der Waals surface area contributed by atoms with Crippen LogP contribution in [0.1, 0.15) is 28.9 Å². The van der Waals surface area contributed by atoms with E-state index in [2.05, 4.69) is 5.32 Å². The number of carbonyl (C=O) groups is 4. The Kier molecular flexibility index (Phi) is 6.47. The third-order valence-corrected chi connectivity index (χ3v) is 5.89. The van der Waals surface area contributed by atoms with E-state index >= 15 is 0 Å². The number of ether oxygens (including phenoxy) is 1. The van der Waals surface area contributed by atoms with Crippen LogP contribution in [0.4, 0.5) is 11.4 Å². The number of benzene rings is 3. The standard InChI is InChI=1S/C26H21ClN2O5/c1-15(30)28-19-9-11-20(12-10-19)29-23(16-5-13-21(34-2)14-6-16)22(25(32)26(29)33)24(31)17-3-7-18(27)8-4-17/h3-14,22-23H,1-2H3,(H,28,30). The maximum absolute atomic E-state index is 13.5. The predicted molar refractivity (Wildman–Crippen MR) is 128 cm³/mol. The summed E-state index contributed by atoms with van der Waals surface area (Å²) in [4.78, 5) is 52.5. The van der Waals surface area contributed by atoms with Gasteiger partial charge in [0.05, 0.1) is 13.2 Å². The van der Waals surface area contributed by atoms with Crippen molar-refractivity contribution in [1.29, 1.82) is 0 Å². The van der Waals surface area contributed by atoms with Crippen molar-refractivity contribution in [3.63, 3.8) is 0 Å². The fourth-order valence-corrected chi connectivity index (χ4v) is 4.18. The van der Waals surface area contributed by atoms with Gasteiger partial charge in [0.1, 0.15) is 11.7 Å². The van der Waals surface area contributed by atoms with E-state index in [1.165, 1.54) is 18.9 Å². The van der Waals surface area contributed by atoms with Crippen LogP contribution >= 0.6 is 11.6 Å². The molecule has 0 aliphatic carbocycles. The normalized spacial score (nSPS) is 17.6. The maximum Gasteiger partial charge on any atom is 0.295 e. The fraction of sp³-hybridized carbons (Fsp3) is 0.154. The zero-order valence-electron chi connectivity index (χ0n) is 18.4. The van der Waals surface area contributed by atoms with Crippen LogP contribution in [0.3, 0.4) is 0 Å². The molecule has 1 aliphatic rings. The molecular weight excluding hydrogens is 456 g/mol. The lowest BCUT2D eigenvalue weighted by molar-refractivity contribution is -0.135. The quantitative estimate of drug-likeness (QED) is 0.322. The molecule has 2 unspecified atom stereocenters. The number of nitrogens with one attached hydrogen (secondary N) is 1. The minimum Gasteiger partial charge on any atom is -0.497 e. The van der Waals surface area contributed by atoms with Gasteiger partial charge in [0.2, 0.25) is 11.7 Å².